The van der Waals surface area contributed by atoms with E-state index in [1.54, 1.807) is 27.6 Å². The Morgan fingerprint density at radius 2 is 1.93 bits per heavy atom. The molecule has 3 aromatic heterocycles. The van der Waals surface area contributed by atoms with Crippen molar-refractivity contribution < 1.29 is 4.79 Å². The van der Waals surface area contributed by atoms with Gasteiger partial charge in [-0.05, 0) is 45.9 Å². The first-order chi connectivity index (χ1) is 13.8. The zero-order valence-electron chi connectivity index (χ0n) is 16.7. The van der Waals surface area contributed by atoms with Gasteiger partial charge in [0.1, 0.15) is 5.82 Å². The predicted octanol–water partition coefficient (Wildman–Crippen LogP) is 2.03. The van der Waals surface area contributed by atoms with Gasteiger partial charge in [0.2, 0.25) is 5.82 Å². The van der Waals surface area contributed by atoms with E-state index in [0.717, 1.165) is 11.4 Å². The summed E-state index contributed by atoms with van der Waals surface area (Å²) in [6.07, 6.45) is 0. The summed E-state index contributed by atoms with van der Waals surface area (Å²) in [6.45, 7) is 7.67. The number of aryl methyl sites for hydroxylation is 2. The molecule has 0 spiro atoms. The molecule has 0 saturated carbocycles. The molecule has 0 aliphatic heterocycles. The fraction of sp³-hybridized carbons (Fsp3) is 0.300. The summed E-state index contributed by atoms with van der Waals surface area (Å²) in [5.74, 6) is 0.498. The second-order valence-electron chi connectivity index (χ2n) is 7.24. The van der Waals surface area contributed by atoms with Crippen molar-refractivity contribution in [2.45, 2.75) is 40.3 Å². The molecule has 4 aromatic rings. The van der Waals surface area contributed by atoms with Crippen molar-refractivity contribution in [1.29, 1.82) is 0 Å². The molecule has 1 aromatic carbocycles. The minimum absolute atomic E-state index is 0.0584. The zero-order valence-corrected chi connectivity index (χ0v) is 16.7. The number of benzene rings is 1. The molecule has 0 atom stereocenters. The maximum Gasteiger partial charge on any atom is 0.294 e. The zero-order chi connectivity index (χ0) is 20.7. The number of rotatable bonds is 4. The minimum Gasteiger partial charge on any atom is -0.326 e. The van der Waals surface area contributed by atoms with Crippen LogP contribution >= 0.6 is 0 Å². The Hall–Kier alpha value is -3.62. The highest BCUT2D eigenvalue weighted by molar-refractivity contribution is 5.91. The minimum atomic E-state index is -0.349. The molecule has 0 unspecified atom stereocenters. The van der Waals surface area contributed by atoms with Crippen molar-refractivity contribution in [3.63, 3.8) is 0 Å². The maximum atomic E-state index is 13.1. The first kappa shape index (κ1) is 18.7. The van der Waals surface area contributed by atoms with Crippen LogP contribution in [-0.4, -0.2) is 46.4 Å². The van der Waals surface area contributed by atoms with E-state index in [1.165, 1.54) is 0 Å². The average Bonchev–Trinajstić information content (AvgIpc) is 3.10. The van der Waals surface area contributed by atoms with Gasteiger partial charge in [0.15, 0.2) is 0 Å². The highest BCUT2D eigenvalue weighted by Crippen LogP contribution is 2.13. The second kappa shape index (κ2) is 7.08. The van der Waals surface area contributed by atoms with Gasteiger partial charge in [0, 0.05) is 17.4 Å². The SMILES string of the molecule is Cc1cc(C)n2nc(C(=O)N(Cc3nc4ccccc4c(=O)[nH]3)C(C)C)nc2n1. The number of hydrogen-bond acceptors (Lipinski definition) is 6. The van der Waals surface area contributed by atoms with Crippen LogP contribution in [0.1, 0.15) is 41.7 Å². The Morgan fingerprint density at radius 3 is 2.69 bits per heavy atom. The Bertz CT molecular complexity index is 1290. The lowest BCUT2D eigenvalue weighted by atomic mass is 10.2. The summed E-state index contributed by atoms with van der Waals surface area (Å²) >= 11 is 0. The van der Waals surface area contributed by atoms with E-state index in [1.807, 2.05) is 39.8 Å². The van der Waals surface area contributed by atoms with Gasteiger partial charge in [0.05, 0.1) is 17.4 Å². The molecule has 0 aliphatic rings. The number of H-pyrrole nitrogens is 1. The molecular weight excluding hydrogens is 370 g/mol. The molecule has 0 fully saturated rings. The third-order valence-electron chi connectivity index (χ3n) is 4.68. The second-order valence-corrected chi connectivity index (χ2v) is 7.24. The van der Waals surface area contributed by atoms with Gasteiger partial charge in [-0.15, -0.1) is 5.10 Å². The van der Waals surface area contributed by atoms with Crippen molar-refractivity contribution in [3.05, 3.63) is 63.7 Å². The van der Waals surface area contributed by atoms with Gasteiger partial charge in [-0.2, -0.15) is 4.98 Å². The van der Waals surface area contributed by atoms with E-state index in [0.29, 0.717) is 22.5 Å². The molecule has 1 amide bonds. The summed E-state index contributed by atoms with van der Waals surface area (Å²) < 4.78 is 1.55. The van der Waals surface area contributed by atoms with Crippen LogP contribution in [-0.2, 0) is 6.54 Å². The van der Waals surface area contributed by atoms with Gasteiger partial charge in [-0.3, -0.25) is 9.59 Å². The smallest absolute Gasteiger partial charge is 0.294 e. The van der Waals surface area contributed by atoms with Crippen molar-refractivity contribution >= 4 is 22.6 Å². The molecule has 0 saturated heterocycles. The van der Waals surface area contributed by atoms with Crippen LogP contribution in [0.5, 0.6) is 0 Å². The van der Waals surface area contributed by atoms with Crippen LogP contribution in [0.25, 0.3) is 16.7 Å². The molecule has 29 heavy (non-hydrogen) atoms. The van der Waals surface area contributed by atoms with Crippen LogP contribution in [0.4, 0.5) is 0 Å². The lowest BCUT2D eigenvalue weighted by Gasteiger charge is -2.24. The van der Waals surface area contributed by atoms with Crippen LogP contribution in [0.3, 0.4) is 0 Å². The van der Waals surface area contributed by atoms with Crippen molar-refractivity contribution in [2.75, 3.05) is 0 Å². The summed E-state index contributed by atoms with van der Waals surface area (Å²) in [4.78, 5) is 43.0. The molecule has 3 heterocycles. The van der Waals surface area contributed by atoms with Crippen molar-refractivity contribution in [3.8, 4) is 0 Å². The molecule has 9 heteroatoms. The number of carbonyl (C=O) groups is 1. The number of para-hydroxylation sites is 1. The lowest BCUT2D eigenvalue weighted by molar-refractivity contribution is 0.0672. The normalized spacial score (nSPS) is 11.5. The van der Waals surface area contributed by atoms with E-state index in [9.17, 15) is 9.59 Å². The summed E-state index contributed by atoms with van der Waals surface area (Å²) in [7, 11) is 0. The average molecular weight is 391 g/mol. The fourth-order valence-corrected chi connectivity index (χ4v) is 3.25. The Balaban J connectivity index is 1.70. The van der Waals surface area contributed by atoms with Crippen LogP contribution in [0, 0.1) is 13.8 Å². The van der Waals surface area contributed by atoms with Gasteiger partial charge in [-0.1, -0.05) is 12.1 Å². The number of aromatic amines is 1. The van der Waals surface area contributed by atoms with E-state index in [2.05, 4.69) is 25.0 Å². The van der Waals surface area contributed by atoms with Gasteiger partial charge < -0.3 is 9.88 Å². The molecule has 148 valence electrons. The largest absolute Gasteiger partial charge is 0.326 e. The first-order valence-corrected chi connectivity index (χ1v) is 9.33. The summed E-state index contributed by atoms with van der Waals surface area (Å²) in [6, 6.07) is 8.82. The third kappa shape index (κ3) is 3.46. The molecule has 0 aliphatic carbocycles. The first-order valence-electron chi connectivity index (χ1n) is 9.33. The van der Waals surface area contributed by atoms with Crippen molar-refractivity contribution in [1.82, 2.24) is 34.4 Å². The Labute approximate surface area is 166 Å². The van der Waals surface area contributed by atoms with Crippen molar-refractivity contribution in [2.24, 2.45) is 0 Å². The van der Waals surface area contributed by atoms with E-state index < -0.39 is 0 Å². The van der Waals surface area contributed by atoms with E-state index >= 15 is 0 Å². The quantitative estimate of drug-likeness (QED) is 0.570. The number of aromatic nitrogens is 6. The number of hydrogen-bond donors (Lipinski definition) is 1. The number of nitrogens with one attached hydrogen (secondary N) is 1. The van der Waals surface area contributed by atoms with Gasteiger partial charge in [-0.25, -0.2) is 14.5 Å². The molecule has 4 rings (SSSR count). The van der Waals surface area contributed by atoms with Crippen LogP contribution < -0.4 is 5.56 Å². The number of nitrogens with zero attached hydrogens (tertiary/aromatic N) is 6. The van der Waals surface area contributed by atoms with E-state index in [4.69, 9.17) is 0 Å². The lowest BCUT2D eigenvalue weighted by Crippen LogP contribution is -2.38. The van der Waals surface area contributed by atoms with Crippen LogP contribution in [0.2, 0.25) is 0 Å². The van der Waals surface area contributed by atoms with Gasteiger partial charge >= 0.3 is 0 Å². The standard InChI is InChI=1S/C20H21N7O2/c1-11(2)26(10-16-22-15-8-6-5-7-14(15)18(28)23-16)19(29)17-24-20-21-12(3)9-13(4)27(20)25-17/h5-9,11H,10H2,1-4H3,(H,22,23,28). The number of amides is 1. The maximum absolute atomic E-state index is 13.1. The topological polar surface area (TPSA) is 109 Å². The molecular formula is C20H21N7O2. The Morgan fingerprint density at radius 1 is 1.17 bits per heavy atom. The summed E-state index contributed by atoms with van der Waals surface area (Å²) in [5.41, 5.74) is 2.00. The number of fused-ring (bicyclic) bond motifs is 2. The predicted molar refractivity (Wildman–Crippen MR) is 108 cm³/mol. The molecule has 0 bridgehead atoms. The van der Waals surface area contributed by atoms with Gasteiger partial charge in [0.25, 0.3) is 17.2 Å². The number of carbonyl (C=O) groups excluding carboxylic acids is 1. The van der Waals surface area contributed by atoms with E-state index in [-0.39, 0.29) is 29.9 Å². The van der Waals surface area contributed by atoms with Crippen LogP contribution in [0.15, 0.2) is 35.1 Å². The Kier molecular flexibility index (Phi) is 4.57. The fourth-order valence-electron chi connectivity index (χ4n) is 3.25. The monoisotopic (exact) mass is 391 g/mol. The third-order valence-corrected chi connectivity index (χ3v) is 4.68. The molecule has 9 nitrogen and oxygen atoms in total. The molecule has 0 radical (unpaired) electrons. The summed E-state index contributed by atoms with van der Waals surface area (Å²) in [5, 5.41) is 4.84. The molecule has 1 N–H and O–H groups in total. The highest BCUT2D eigenvalue weighted by Gasteiger charge is 2.25. The highest BCUT2D eigenvalue weighted by atomic mass is 16.2.